The van der Waals surface area contributed by atoms with Gasteiger partial charge in [-0.05, 0) is 36.6 Å². The number of anilines is 2. The minimum absolute atomic E-state index is 0.0976. The summed E-state index contributed by atoms with van der Waals surface area (Å²) in [6.45, 7) is 10.1. The molecule has 0 spiro atoms. The van der Waals surface area contributed by atoms with E-state index in [0.29, 0.717) is 5.92 Å². The van der Waals surface area contributed by atoms with Crippen molar-refractivity contribution in [2.45, 2.75) is 34.1 Å². The van der Waals surface area contributed by atoms with Crippen LogP contribution in [0, 0.1) is 17.3 Å². The lowest BCUT2D eigenvalue weighted by Crippen LogP contribution is -2.30. The lowest BCUT2D eigenvalue weighted by atomic mass is 9.92. The molecular formula is C26H30N2O6. The number of amides is 2. The van der Waals surface area contributed by atoms with Crippen LogP contribution < -0.4 is 28.7 Å². The standard InChI is InChI=1S/2C13H15NO3/c1-8-6-14(13(15)9(8)2)10-3-4-11-12(5-10)17-7-16-11;1-13(2)5-6-14(12(13)15)9-3-4-10-11(7-9)17-8-16-10/h3-5,8-9H,6-7H2,1-2H3;3-4,7H,5-6,8H2,1-2H3/t8-,9+;/m0./s1. The lowest BCUT2D eigenvalue weighted by molar-refractivity contribution is -0.124. The molecule has 4 aliphatic rings. The number of carbonyl (C=O) groups excluding carboxylic acids is 2. The molecule has 8 heteroatoms. The average molecular weight is 467 g/mol. The van der Waals surface area contributed by atoms with E-state index >= 15 is 0 Å². The van der Waals surface area contributed by atoms with E-state index in [4.69, 9.17) is 18.9 Å². The molecule has 180 valence electrons. The van der Waals surface area contributed by atoms with Crippen LogP contribution in [0.1, 0.15) is 34.1 Å². The Hall–Kier alpha value is -3.42. The minimum atomic E-state index is -0.254. The highest BCUT2D eigenvalue weighted by Gasteiger charge is 2.39. The molecule has 34 heavy (non-hydrogen) atoms. The Bertz CT molecular complexity index is 1070. The molecule has 2 atom stereocenters. The zero-order chi connectivity index (χ0) is 24.0. The van der Waals surface area contributed by atoms with Gasteiger partial charge in [-0.1, -0.05) is 27.7 Å². The highest BCUT2D eigenvalue weighted by molar-refractivity contribution is 5.99. The SMILES string of the molecule is CC1(C)CCN(c2ccc3c(c2)OCO3)C1=O.C[C@H]1CN(c2ccc3c(c2)OCO3)C(=O)[C@@H]1C. The predicted octanol–water partition coefficient (Wildman–Crippen LogP) is 4.21. The topological polar surface area (TPSA) is 77.5 Å². The van der Waals surface area contributed by atoms with E-state index in [-0.39, 0.29) is 36.7 Å². The van der Waals surface area contributed by atoms with E-state index in [0.717, 1.165) is 53.9 Å². The second kappa shape index (κ2) is 8.42. The first kappa shape index (κ1) is 22.4. The van der Waals surface area contributed by atoms with Crippen LogP contribution >= 0.6 is 0 Å². The number of carbonyl (C=O) groups is 2. The van der Waals surface area contributed by atoms with Crippen molar-refractivity contribution in [3.63, 3.8) is 0 Å². The third-order valence-electron chi connectivity index (χ3n) is 7.10. The molecule has 2 amide bonds. The Balaban J connectivity index is 0.000000142. The summed E-state index contributed by atoms with van der Waals surface area (Å²) < 4.78 is 21.2. The summed E-state index contributed by atoms with van der Waals surface area (Å²) in [5.74, 6) is 3.81. The van der Waals surface area contributed by atoms with Gasteiger partial charge in [0.05, 0.1) is 0 Å². The third-order valence-corrected chi connectivity index (χ3v) is 7.10. The molecule has 4 heterocycles. The quantitative estimate of drug-likeness (QED) is 0.660. The Labute approximate surface area is 199 Å². The highest BCUT2D eigenvalue weighted by atomic mass is 16.7. The third kappa shape index (κ3) is 3.91. The average Bonchev–Trinajstić information content (AvgIpc) is 3.59. The second-order valence-electron chi connectivity index (χ2n) is 9.88. The largest absolute Gasteiger partial charge is 0.454 e. The van der Waals surface area contributed by atoms with Crippen molar-refractivity contribution < 1.29 is 28.5 Å². The molecule has 0 radical (unpaired) electrons. The molecule has 2 aromatic carbocycles. The van der Waals surface area contributed by atoms with Gasteiger partial charge in [0, 0.05) is 47.9 Å². The summed E-state index contributed by atoms with van der Waals surface area (Å²) in [4.78, 5) is 27.9. The summed E-state index contributed by atoms with van der Waals surface area (Å²) in [5.41, 5.74) is 1.54. The first-order valence-corrected chi connectivity index (χ1v) is 11.7. The number of benzene rings is 2. The van der Waals surface area contributed by atoms with Crippen LogP contribution in [0.15, 0.2) is 36.4 Å². The van der Waals surface area contributed by atoms with Gasteiger partial charge in [0.1, 0.15) is 0 Å². The van der Waals surface area contributed by atoms with Gasteiger partial charge in [-0.25, -0.2) is 0 Å². The molecule has 0 unspecified atom stereocenters. The van der Waals surface area contributed by atoms with Crippen molar-refractivity contribution in [2.75, 3.05) is 36.5 Å². The molecule has 2 fully saturated rings. The summed E-state index contributed by atoms with van der Waals surface area (Å²) in [6, 6.07) is 11.3. The molecule has 0 bridgehead atoms. The molecular weight excluding hydrogens is 436 g/mol. The van der Waals surface area contributed by atoms with E-state index in [1.807, 2.05) is 67.0 Å². The van der Waals surface area contributed by atoms with Crippen LogP contribution in [0.4, 0.5) is 11.4 Å². The smallest absolute Gasteiger partial charge is 0.232 e. The van der Waals surface area contributed by atoms with Crippen LogP contribution in [0.5, 0.6) is 23.0 Å². The zero-order valence-corrected chi connectivity index (χ0v) is 20.0. The molecule has 6 rings (SSSR count). The van der Waals surface area contributed by atoms with Gasteiger partial charge >= 0.3 is 0 Å². The van der Waals surface area contributed by atoms with Crippen molar-refractivity contribution in [2.24, 2.45) is 17.3 Å². The van der Waals surface area contributed by atoms with Gasteiger partial charge in [-0.2, -0.15) is 0 Å². The molecule has 2 saturated heterocycles. The van der Waals surface area contributed by atoms with Gasteiger partial charge in [0.25, 0.3) is 0 Å². The summed E-state index contributed by atoms with van der Waals surface area (Å²) >= 11 is 0. The van der Waals surface area contributed by atoms with Crippen LogP contribution in [-0.2, 0) is 9.59 Å². The maximum Gasteiger partial charge on any atom is 0.232 e. The fraction of sp³-hybridized carbons (Fsp3) is 0.462. The maximum absolute atomic E-state index is 12.2. The number of hydrogen-bond donors (Lipinski definition) is 0. The number of nitrogens with zero attached hydrogens (tertiary/aromatic N) is 2. The molecule has 0 N–H and O–H groups in total. The number of ether oxygens (including phenoxy) is 4. The Kier molecular flexibility index (Phi) is 5.54. The number of rotatable bonds is 2. The van der Waals surface area contributed by atoms with Crippen molar-refractivity contribution in [3.8, 4) is 23.0 Å². The van der Waals surface area contributed by atoms with Crippen molar-refractivity contribution in [1.82, 2.24) is 0 Å². The minimum Gasteiger partial charge on any atom is -0.454 e. The van der Waals surface area contributed by atoms with Gasteiger partial charge in [-0.3, -0.25) is 9.59 Å². The number of fused-ring (bicyclic) bond motifs is 2. The number of hydrogen-bond acceptors (Lipinski definition) is 6. The van der Waals surface area contributed by atoms with Crippen LogP contribution in [0.3, 0.4) is 0 Å². The summed E-state index contributed by atoms with van der Waals surface area (Å²) in [7, 11) is 0. The molecule has 0 saturated carbocycles. The Morgan fingerprint density at radius 3 is 1.79 bits per heavy atom. The second-order valence-corrected chi connectivity index (χ2v) is 9.88. The van der Waals surface area contributed by atoms with Crippen LogP contribution in [0.25, 0.3) is 0 Å². The van der Waals surface area contributed by atoms with Crippen molar-refractivity contribution in [3.05, 3.63) is 36.4 Å². The summed E-state index contributed by atoms with van der Waals surface area (Å²) in [5, 5.41) is 0. The van der Waals surface area contributed by atoms with E-state index in [1.165, 1.54) is 0 Å². The summed E-state index contributed by atoms with van der Waals surface area (Å²) in [6.07, 6.45) is 0.889. The van der Waals surface area contributed by atoms with E-state index in [2.05, 4.69) is 6.92 Å². The van der Waals surface area contributed by atoms with E-state index < -0.39 is 0 Å². The van der Waals surface area contributed by atoms with Gasteiger partial charge in [0.15, 0.2) is 23.0 Å². The Morgan fingerprint density at radius 1 is 0.794 bits per heavy atom. The normalized spacial score (nSPS) is 23.9. The fourth-order valence-electron chi connectivity index (χ4n) is 4.58. The zero-order valence-electron chi connectivity index (χ0n) is 20.0. The fourth-order valence-corrected chi connectivity index (χ4v) is 4.58. The van der Waals surface area contributed by atoms with Crippen LogP contribution in [0.2, 0.25) is 0 Å². The molecule has 2 aromatic rings. The molecule has 0 aromatic heterocycles. The van der Waals surface area contributed by atoms with Crippen molar-refractivity contribution in [1.29, 1.82) is 0 Å². The Morgan fingerprint density at radius 2 is 1.32 bits per heavy atom. The van der Waals surface area contributed by atoms with E-state index in [1.54, 1.807) is 0 Å². The highest BCUT2D eigenvalue weighted by Crippen LogP contribution is 2.40. The monoisotopic (exact) mass is 466 g/mol. The first-order valence-electron chi connectivity index (χ1n) is 11.7. The molecule has 0 aliphatic carbocycles. The van der Waals surface area contributed by atoms with Gasteiger partial charge in [0.2, 0.25) is 25.4 Å². The van der Waals surface area contributed by atoms with Gasteiger partial charge < -0.3 is 28.7 Å². The van der Waals surface area contributed by atoms with Crippen molar-refractivity contribution >= 4 is 23.2 Å². The van der Waals surface area contributed by atoms with Gasteiger partial charge in [-0.15, -0.1) is 0 Å². The maximum atomic E-state index is 12.2. The lowest BCUT2D eigenvalue weighted by Gasteiger charge is -2.19. The molecule has 4 aliphatic heterocycles. The predicted molar refractivity (Wildman–Crippen MR) is 127 cm³/mol. The van der Waals surface area contributed by atoms with Crippen LogP contribution in [-0.4, -0.2) is 38.5 Å². The first-order chi connectivity index (χ1) is 16.2. The molecule has 8 nitrogen and oxygen atoms in total. The van der Waals surface area contributed by atoms with E-state index in [9.17, 15) is 9.59 Å².